The van der Waals surface area contributed by atoms with Crippen LogP contribution in [-0.4, -0.2) is 23.4 Å². The monoisotopic (exact) mass is 280 g/mol. The molecule has 88 valence electrons. The summed E-state index contributed by atoms with van der Waals surface area (Å²) in [5.41, 5.74) is 0. The van der Waals surface area contributed by atoms with Gasteiger partial charge in [0.1, 0.15) is 16.0 Å². The van der Waals surface area contributed by atoms with Gasteiger partial charge in [-0.05, 0) is 19.1 Å². The summed E-state index contributed by atoms with van der Waals surface area (Å²) in [6.45, 7) is 1.58. The third kappa shape index (κ3) is 2.97. The number of benzene rings is 1. The van der Waals surface area contributed by atoms with Crippen LogP contribution >= 0.6 is 35.0 Å². The fourth-order valence-electron chi connectivity index (χ4n) is 1.00. The van der Waals surface area contributed by atoms with Gasteiger partial charge in [0.2, 0.25) is 0 Å². The fraction of sp³-hybridized carbons (Fsp3) is 0.300. The molecule has 16 heavy (non-hydrogen) atoms. The molecule has 0 saturated carbocycles. The Hall–Kier alpha value is -0.580. The second-order valence-electron chi connectivity index (χ2n) is 2.99. The van der Waals surface area contributed by atoms with Crippen LogP contribution < -0.4 is 4.74 Å². The Balaban J connectivity index is 2.99. The first kappa shape index (κ1) is 13.5. The molecule has 3 nitrogen and oxygen atoms in total. The molecule has 0 aliphatic carbocycles. The molecule has 1 rings (SSSR count). The van der Waals surface area contributed by atoms with E-state index in [0.717, 1.165) is 11.8 Å². The SMILES string of the molecule is COc1ccc(S[C@H](C)C(=O)O)c(Cl)c1Cl. The predicted molar refractivity (Wildman–Crippen MR) is 66.0 cm³/mol. The van der Waals surface area contributed by atoms with Gasteiger partial charge in [-0.2, -0.15) is 0 Å². The minimum absolute atomic E-state index is 0.298. The van der Waals surface area contributed by atoms with E-state index in [4.69, 9.17) is 33.0 Å². The molecule has 0 heterocycles. The van der Waals surface area contributed by atoms with E-state index in [9.17, 15) is 4.79 Å². The van der Waals surface area contributed by atoms with Crippen LogP contribution in [0.1, 0.15) is 6.92 Å². The molecule has 0 fully saturated rings. The number of carboxylic acid groups (broad SMARTS) is 1. The van der Waals surface area contributed by atoms with Gasteiger partial charge in [0.25, 0.3) is 0 Å². The Morgan fingerprint density at radius 2 is 2.06 bits per heavy atom. The smallest absolute Gasteiger partial charge is 0.316 e. The van der Waals surface area contributed by atoms with Gasteiger partial charge in [0.15, 0.2) is 0 Å². The zero-order valence-electron chi connectivity index (χ0n) is 8.66. The number of carboxylic acids is 1. The Bertz CT molecular complexity index is 409. The Morgan fingerprint density at radius 1 is 1.44 bits per heavy atom. The van der Waals surface area contributed by atoms with Crippen molar-refractivity contribution in [2.75, 3.05) is 7.11 Å². The summed E-state index contributed by atoms with van der Waals surface area (Å²) in [6.07, 6.45) is 0. The number of hydrogen-bond donors (Lipinski definition) is 1. The molecule has 0 unspecified atom stereocenters. The van der Waals surface area contributed by atoms with E-state index in [1.165, 1.54) is 7.11 Å². The number of halogens is 2. The first-order chi connectivity index (χ1) is 7.47. The number of rotatable bonds is 4. The lowest BCUT2D eigenvalue weighted by molar-refractivity contribution is -0.136. The van der Waals surface area contributed by atoms with Crippen molar-refractivity contribution in [2.45, 2.75) is 17.1 Å². The molecular formula is C10H10Cl2O3S. The number of aliphatic carboxylic acids is 1. The van der Waals surface area contributed by atoms with Crippen LogP contribution in [0.25, 0.3) is 0 Å². The van der Waals surface area contributed by atoms with Crippen LogP contribution in [-0.2, 0) is 4.79 Å². The lowest BCUT2D eigenvalue weighted by Crippen LogP contribution is -2.11. The van der Waals surface area contributed by atoms with Crippen LogP contribution in [0.15, 0.2) is 17.0 Å². The molecule has 0 aromatic heterocycles. The first-order valence-corrected chi connectivity index (χ1v) is 6.02. The van der Waals surface area contributed by atoms with Crippen LogP contribution in [0.2, 0.25) is 10.0 Å². The Labute approximate surface area is 108 Å². The molecule has 1 aromatic rings. The first-order valence-electron chi connectivity index (χ1n) is 4.38. The highest BCUT2D eigenvalue weighted by molar-refractivity contribution is 8.00. The van der Waals surface area contributed by atoms with Crippen molar-refractivity contribution in [2.24, 2.45) is 0 Å². The summed E-state index contributed by atoms with van der Waals surface area (Å²) in [5.74, 6) is -0.424. The molecule has 0 spiro atoms. The van der Waals surface area contributed by atoms with Gasteiger partial charge >= 0.3 is 5.97 Å². The average Bonchev–Trinajstić information content (AvgIpc) is 2.25. The molecule has 0 bridgehead atoms. The zero-order valence-corrected chi connectivity index (χ0v) is 11.0. The van der Waals surface area contributed by atoms with Gasteiger partial charge in [-0.1, -0.05) is 23.2 Å². The van der Waals surface area contributed by atoms with Crippen LogP contribution in [0.4, 0.5) is 0 Å². The van der Waals surface area contributed by atoms with Crippen molar-refractivity contribution in [1.29, 1.82) is 0 Å². The molecule has 0 radical (unpaired) electrons. The molecule has 1 aromatic carbocycles. The Kier molecular flexibility index (Phi) is 4.77. The van der Waals surface area contributed by atoms with Crippen molar-refractivity contribution in [3.05, 3.63) is 22.2 Å². The standard InChI is InChI=1S/C10H10Cl2O3S/c1-5(10(13)14)16-7-4-3-6(15-2)8(11)9(7)12/h3-5H,1-2H3,(H,13,14)/t5-/m1/s1. The van der Waals surface area contributed by atoms with E-state index < -0.39 is 11.2 Å². The van der Waals surface area contributed by atoms with Crippen molar-refractivity contribution < 1.29 is 14.6 Å². The second-order valence-corrected chi connectivity index (χ2v) is 5.13. The summed E-state index contributed by atoms with van der Waals surface area (Å²) in [5, 5.41) is 8.82. The predicted octanol–water partition coefficient (Wildman–Crippen LogP) is 3.57. The number of methoxy groups -OCH3 is 1. The average molecular weight is 281 g/mol. The highest BCUT2D eigenvalue weighted by Crippen LogP contribution is 2.40. The third-order valence-corrected chi connectivity index (χ3v) is 4.01. The van der Waals surface area contributed by atoms with Crippen molar-refractivity contribution in [3.63, 3.8) is 0 Å². The molecule has 1 N–H and O–H groups in total. The van der Waals surface area contributed by atoms with Crippen molar-refractivity contribution in [1.82, 2.24) is 0 Å². The maximum atomic E-state index is 10.7. The molecule has 0 saturated heterocycles. The van der Waals surface area contributed by atoms with Crippen LogP contribution in [0.5, 0.6) is 5.75 Å². The van der Waals surface area contributed by atoms with E-state index >= 15 is 0 Å². The van der Waals surface area contributed by atoms with Gasteiger partial charge in [0.05, 0.1) is 12.1 Å². The van der Waals surface area contributed by atoms with Crippen LogP contribution in [0, 0.1) is 0 Å². The minimum atomic E-state index is -0.895. The van der Waals surface area contributed by atoms with E-state index in [2.05, 4.69) is 0 Å². The van der Waals surface area contributed by atoms with E-state index in [1.54, 1.807) is 19.1 Å². The summed E-state index contributed by atoms with van der Waals surface area (Å²) in [4.78, 5) is 11.3. The maximum absolute atomic E-state index is 10.7. The lowest BCUT2D eigenvalue weighted by atomic mass is 10.3. The van der Waals surface area contributed by atoms with Crippen molar-refractivity contribution >= 4 is 40.9 Å². The van der Waals surface area contributed by atoms with Crippen molar-refractivity contribution in [3.8, 4) is 5.75 Å². The number of hydrogen-bond acceptors (Lipinski definition) is 3. The minimum Gasteiger partial charge on any atom is -0.495 e. The van der Waals surface area contributed by atoms with Gasteiger partial charge in [-0.25, -0.2) is 0 Å². The van der Waals surface area contributed by atoms with Gasteiger partial charge in [0, 0.05) is 4.90 Å². The van der Waals surface area contributed by atoms with E-state index in [-0.39, 0.29) is 0 Å². The highest BCUT2D eigenvalue weighted by Gasteiger charge is 2.17. The molecular weight excluding hydrogens is 271 g/mol. The van der Waals surface area contributed by atoms with Gasteiger partial charge in [-0.15, -0.1) is 11.8 Å². The van der Waals surface area contributed by atoms with Gasteiger partial charge in [-0.3, -0.25) is 4.79 Å². The van der Waals surface area contributed by atoms with E-state index in [1.807, 2.05) is 0 Å². The fourth-order valence-corrected chi connectivity index (χ4v) is 2.43. The number of ether oxygens (including phenoxy) is 1. The zero-order chi connectivity index (χ0) is 12.3. The quantitative estimate of drug-likeness (QED) is 0.857. The maximum Gasteiger partial charge on any atom is 0.316 e. The third-order valence-electron chi connectivity index (χ3n) is 1.88. The molecule has 6 heteroatoms. The molecule has 0 aliphatic heterocycles. The molecule has 0 aliphatic rings. The molecule has 0 amide bonds. The largest absolute Gasteiger partial charge is 0.495 e. The normalized spacial score (nSPS) is 12.2. The Morgan fingerprint density at radius 3 is 2.56 bits per heavy atom. The van der Waals surface area contributed by atoms with Gasteiger partial charge < -0.3 is 9.84 Å². The number of thioether (sulfide) groups is 1. The molecule has 1 atom stereocenters. The topological polar surface area (TPSA) is 46.5 Å². The van der Waals surface area contributed by atoms with E-state index in [0.29, 0.717) is 20.7 Å². The second kappa shape index (κ2) is 5.66. The summed E-state index contributed by atoms with van der Waals surface area (Å²) >= 11 is 13.1. The number of carbonyl (C=O) groups is 1. The highest BCUT2D eigenvalue weighted by atomic mass is 35.5. The van der Waals surface area contributed by atoms with Crippen LogP contribution in [0.3, 0.4) is 0 Å². The summed E-state index contributed by atoms with van der Waals surface area (Å²) < 4.78 is 4.99. The lowest BCUT2D eigenvalue weighted by Gasteiger charge is -2.11. The summed E-state index contributed by atoms with van der Waals surface area (Å²) in [7, 11) is 1.49. The summed E-state index contributed by atoms with van der Waals surface area (Å²) in [6, 6.07) is 3.35.